The molecule has 2 aromatic carbocycles. The standard InChI is InChI=1S/C29H28N4O5/c1-29(2)13-19(34)24-22(14-29)38-28-25(23(24)17-8-11-20(36-4)21(12-17)37-5)27-31-26(32-33(27)15-30-28)16-6-9-18(35-3)10-7-16/h6-12,15,23H,13-14H2,1-5H3. The molecule has 6 rings (SSSR count). The summed E-state index contributed by atoms with van der Waals surface area (Å²) in [6.45, 7) is 4.16. The number of methoxy groups -OCH3 is 3. The number of Topliss-reactive ketones (excluding diaryl/α,β-unsaturated/α-hetero) is 1. The number of aromatic nitrogens is 4. The van der Waals surface area contributed by atoms with E-state index < -0.39 is 5.92 Å². The van der Waals surface area contributed by atoms with E-state index in [-0.39, 0.29) is 11.2 Å². The number of rotatable bonds is 5. The maximum Gasteiger partial charge on any atom is 0.228 e. The van der Waals surface area contributed by atoms with Crippen molar-refractivity contribution in [1.82, 2.24) is 19.6 Å². The Hall–Kier alpha value is -4.40. The van der Waals surface area contributed by atoms with Gasteiger partial charge in [-0.25, -0.2) is 14.5 Å². The molecule has 0 N–H and O–H groups in total. The smallest absolute Gasteiger partial charge is 0.228 e. The molecule has 1 atom stereocenters. The average Bonchev–Trinajstić information content (AvgIpc) is 3.35. The summed E-state index contributed by atoms with van der Waals surface area (Å²) in [7, 11) is 4.82. The van der Waals surface area contributed by atoms with Crippen LogP contribution in [0.15, 0.2) is 60.1 Å². The van der Waals surface area contributed by atoms with Crippen molar-refractivity contribution in [3.8, 4) is 34.5 Å². The molecule has 38 heavy (non-hydrogen) atoms. The first-order valence-electron chi connectivity index (χ1n) is 12.4. The van der Waals surface area contributed by atoms with Gasteiger partial charge in [-0.3, -0.25) is 4.79 Å². The molecule has 3 heterocycles. The monoisotopic (exact) mass is 512 g/mol. The molecule has 9 heteroatoms. The lowest BCUT2D eigenvalue weighted by Gasteiger charge is -2.37. The van der Waals surface area contributed by atoms with Gasteiger partial charge in [0.15, 0.2) is 28.8 Å². The molecule has 0 spiro atoms. The molecule has 2 aliphatic rings. The van der Waals surface area contributed by atoms with Crippen LogP contribution in [0.2, 0.25) is 0 Å². The Morgan fingerprint density at radius 1 is 0.974 bits per heavy atom. The van der Waals surface area contributed by atoms with E-state index in [2.05, 4.69) is 23.9 Å². The minimum atomic E-state index is -0.457. The van der Waals surface area contributed by atoms with Crippen molar-refractivity contribution in [1.29, 1.82) is 0 Å². The second-order valence-electron chi connectivity index (χ2n) is 10.3. The summed E-state index contributed by atoms with van der Waals surface area (Å²) in [6.07, 6.45) is 2.66. The first-order valence-corrected chi connectivity index (χ1v) is 12.4. The summed E-state index contributed by atoms with van der Waals surface area (Å²) in [5.41, 5.74) is 3.38. The number of hydrogen-bond acceptors (Lipinski definition) is 8. The Balaban J connectivity index is 1.58. The van der Waals surface area contributed by atoms with Gasteiger partial charge in [-0.2, -0.15) is 0 Å². The van der Waals surface area contributed by atoms with Gasteiger partial charge in [0, 0.05) is 24.0 Å². The third kappa shape index (κ3) is 3.86. The van der Waals surface area contributed by atoms with E-state index in [9.17, 15) is 4.79 Å². The van der Waals surface area contributed by atoms with Crippen molar-refractivity contribution >= 4 is 11.4 Å². The van der Waals surface area contributed by atoms with Gasteiger partial charge in [0.05, 0.1) is 32.8 Å². The number of benzene rings is 2. The van der Waals surface area contributed by atoms with E-state index >= 15 is 0 Å². The van der Waals surface area contributed by atoms with E-state index in [1.54, 1.807) is 32.2 Å². The Kier molecular flexibility index (Phi) is 5.59. The second kappa shape index (κ2) is 8.86. The quantitative estimate of drug-likeness (QED) is 0.369. The summed E-state index contributed by atoms with van der Waals surface area (Å²) in [5.74, 6) is 3.14. The zero-order valence-electron chi connectivity index (χ0n) is 21.9. The molecule has 1 aliphatic carbocycles. The van der Waals surface area contributed by atoms with Crippen LogP contribution in [0.4, 0.5) is 0 Å². The molecule has 0 radical (unpaired) electrons. The number of hydrogen-bond donors (Lipinski definition) is 0. The lowest BCUT2D eigenvalue weighted by Crippen LogP contribution is -2.33. The minimum absolute atomic E-state index is 0.0542. The van der Waals surface area contributed by atoms with Crippen LogP contribution < -0.4 is 18.9 Å². The average molecular weight is 513 g/mol. The molecular weight excluding hydrogens is 484 g/mol. The summed E-state index contributed by atoms with van der Waals surface area (Å²) >= 11 is 0. The molecule has 0 saturated heterocycles. The van der Waals surface area contributed by atoms with E-state index in [4.69, 9.17) is 23.9 Å². The number of nitrogens with zero attached hydrogens (tertiary/aromatic N) is 4. The van der Waals surface area contributed by atoms with Gasteiger partial charge in [0.2, 0.25) is 5.88 Å². The Bertz CT molecular complexity index is 1600. The third-order valence-corrected chi connectivity index (χ3v) is 7.15. The maximum absolute atomic E-state index is 13.7. The highest BCUT2D eigenvalue weighted by molar-refractivity contribution is 6.00. The summed E-state index contributed by atoms with van der Waals surface area (Å²) in [6, 6.07) is 13.2. The normalized spacial score (nSPS) is 18.0. The van der Waals surface area contributed by atoms with Crippen molar-refractivity contribution in [2.24, 2.45) is 5.41 Å². The summed E-state index contributed by atoms with van der Waals surface area (Å²) in [4.78, 5) is 23.2. The van der Waals surface area contributed by atoms with Gasteiger partial charge in [-0.05, 0) is 47.4 Å². The molecule has 2 aromatic heterocycles. The second-order valence-corrected chi connectivity index (χ2v) is 10.3. The van der Waals surface area contributed by atoms with E-state index in [1.807, 2.05) is 42.5 Å². The van der Waals surface area contributed by atoms with Gasteiger partial charge in [-0.1, -0.05) is 19.9 Å². The van der Waals surface area contributed by atoms with Crippen molar-refractivity contribution in [2.75, 3.05) is 21.3 Å². The van der Waals surface area contributed by atoms with E-state index in [0.717, 1.165) is 16.9 Å². The number of carbonyl (C=O) groups is 1. The molecular formula is C29H28N4O5. The highest BCUT2D eigenvalue weighted by Gasteiger charge is 2.44. The van der Waals surface area contributed by atoms with Crippen LogP contribution in [0.5, 0.6) is 23.1 Å². The van der Waals surface area contributed by atoms with Gasteiger partial charge < -0.3 is 18.9 Å². The molecule has 194 valence electrons. The van der Waals surface area contributed by atoms with Crippen LogP contribution in [0.3, 0.4) is 0 Å². The fraction of sp³-hybridized carbons (Fsp3) is 0.310. The van der Waals surface area contributed by atoms with Crippen LogP contribution in [0.25, 0.3) is 17.0 Å². The van der Waals surface area contributed by atoms with E-state index in [0.29, 0.717) is 58.6 Å². The Labute approximate surface area is 220 Å². The zero-order chi connectivity index (χ0) is 26.6. The maximum atomic E-state index is 13.7. The molecule has 9 nitrogen and oxygen atoms in total. The van der Waals surface area contributed by atoms with Gasteiger partial charge in [-0.15, -0.1) is 5.10 Å². The number of ketones is 1. The van der Waals surface area contributed by atoms with Crippen LogP contribution >= 0.6 is 0 Å². The summed E-state index contributed by atoms with van der Waals surface area (Å²) in [5, 5.41) is 4.68. The first kappa shape index (κ1) is 24.0. The Morgan fingerprint density at radius 3 is 2.45 bits per heavy atom. The molecule has 1 unspecified atom stereocenters. The van der Waals surface area contributed by atoms with E-state index in [1.165, 1.54) is 0 Å². The van der Waals surface area contributed by atoms with Crippen LogP contribution in [0, 0.1) is 5.41 Å². The molecule has 1 aliphatic heterocycles. The third-order valence-electron chi connectivity index (χ3n) is 7.15. The largest absolute Gasteiger partial charge is 0.497 e. The first-order chi connectivity index (χ1) is 18.3. The molecule has 0 amide bonds. The van der Waals surface area contributed by atoms with Gasteiger partial charge in [0.1, 0.15) is 17.8 Å². The van der Waals surface area contributed by atoms with Crippen LogP contribution in [-0.2, 0) is 4.79 Å². The molecule has 0 saturated carbocycles. The van der Waals surface area contributed by atoms with Crippen molar-refractivity contribution in [2.45, 2.75) is 32.6 Å². The molecule has 0 fully saturated rings. The fourth-order valence-electron chi connectivity index (χ4n) is 5.37. The number of carbonyl (C=O) groups excluding carboxylic acids is 1. The van der Waals surface area contributed by atoms with Crippen molar-refractivity contribution in [3.63, 3.8) is 0 Å². The number of allylic oxidation sites excluding steroid dienone is 2. The predicted octanol–water partition coefficient (Wildman–Crippen LogP) is 4.98. The SMILES string of the molecule is COc1ccc(-c2nc3c4c(ncn3n2)OC2=C(C(=O)CC(C)(C)C2)C4c2ccc(OC)c(OC)c2)cc1. The topological polar surface area (TPSA) is 97.1 Å². The lowest BCUT2D eigenvalue weighted by atomic mass is 9.70. The predicted molar refractivity (Wildman–Crippen MR) is 140 cm³/mol. The fourth-order valence-corrected chi connectivity index (χ4v) is 5.37. The minimum Gasteiger partial charge on any atom is -0.497 e. The van der Waals surface area contributed by atoms with Crippen molar-refractivity contribution < 1.29 is 23.7 Å². The zero-order valence-corrected chi connectivity index (χ0v) is 21.9. The van der Waals surface area contributed by atoms with Crippen molar-refractivity contribution in [3.05, 3.63) is 71.3 Å². The number of fused-ring (bicyclic) bond motifs is 3. The molecule has 0 bridgehead atoms. The van der Waals surface area contributed by atoms with Crippen LogP contribution in [-0.4, -0.2) is 46.7 Å². The summed E-state index contributed by atoms with van der Waals surface area (Å²) < 4.78 is 24.3. The highest BCUT2D eigenvalue weighted by Crippen LogP contribution is 2.51. The van der Waals surface area contributed by atoms with Gasteiger partial charge in [0.25, 0.3) is 0 Å². The van der Waals surface area contributed by atoms with Crippen LogP contribution in [0.1, 0.15) is 43.7 Å². The lowest BCUT2D eigenvalue weighted by molar-refractivity contribution is -0.118. The van der Waals surface area contributed by atoms with Gasteiger partial charge >= 0.3 is 0 Å². The molecule has 4 aromatic rings. The number of ether oxygens (including phenoxy) is 4. The Morgan fingerprint density at radius 2 is 1.74 bits per heavy atom. The highest BCUT2D eigenvalue weighted by atomic mass is 16.5.